The van der Waals surface area contributed by atoms with Gasteiger partial charge in [-0.3, -0.25) is 9.48 Å². The molecule has 3 heterocycles. The van der Waals surface area contributed by atoms with E-state index < -0.39 is 11.8 Å². The maximum absolute atomic E-state index is 14.1. The first-order valence-corrected chi connectivity index (χ1v) is 11.7. The second-order valence-corrected chi connectivity index (χ2v) is 9.41. The quantitative estimate of drug-likeness (QED) is 0.672. The number of nitrogens with zero attached hydrogens (tertiary/aromatic N) is 2. The Bertz CT molecular complexity index is 1020. The minimum atomic E-state index is -0.661. The number of rotatable bonds is 6. The fraction of sp³-hybridized carbons (Fsp3) is 0.560. The fourth-order valence-corrected chi connectivity index (χ4v) is 4.85. The Morgan fingerprint density at radius 2 is 2.12 bits per heavy atom. The Kier molecular flexibility index (Phi) is 6.83. The SMILES string of the molecule is CCc1nn(C[C@@H](C)COC(=O)c2c(C)cccc2F)c2c1C(=O)NCC1(CCOCC1)C2. The number of amides is 1. The molecule has 1 amide bonds. The van der Waals surface area contributed by atoms with E-state index >= 15 is 0 Å². The molecule has 0 saturated carbocycles. The summed E-state index contributed by atoms with van der Waals surface area (Å²) >= 11 is 0. The van der Waals surface area contributed by atoms with Crippen molar-refractivity contribution in [2.24, 2.45) is 11.3 Å². The minimum Gasteiger partial charge on any atom is -0.462 e. The highest BCUT2D eigenvalue weighted by Crippen LogP contribution is 2.37. The summed E-state index contributed by atoms with van der Waals surface area (Å²) in [4.78, 5) is 25.4. The van der Waals surface area contributed by atoms with Crippen LogP contribution in [0.1, 0.15) is 64.4 Å². The van der Waals surface area contributed by atoms with Gasteiger partial charge in [-0.25, -0.2) is 9.18 Å². The highest BCUT2D eigenvalue weighted by atomic mass is 19.1. The number of benzene rings is 1. The highest BCUT2D eigenvalue weighted by Gasteiger charge is 2.39. The van der Waals surface area contributed by atoms with Gasteiger partial charge < -0.3 is 14.8 Å². The van der Waals surface area contributed by atoms with Crippen LogP contribution >= 0.6 is 0 Å². The van der Waals surface area contributed by atoms with Gasteiger partial charge >= 0.3 is 5.97 Å². The molecule has 2 aliphatic heterocycles. The second kappa shape index (κ2) is 9.63. The second-order valence-electron chi connectivity index (χ2n) is 9.41. The number of fused-ring (bicyclic) bond motifs is 1. The molecule has 33 heavy (non-hydrogen) atoms. The van der Waals surface area contributed by atoms with Crippen molar-refractivity contribution in [1.82, 2.24) is 15.1 Å². The summed E-state index contributed by atoms with van der Waals surface area (Å²) in [6, 6.07) is 4.52. The van der Waals surface area contributed by atoms with Gasteiger partial charge in [-0.2, -0.15) is 5.10 Å². The largest absolute Gasteiger partial charge is 0.462 e. The van der Waals surface area contributed by atoms with E-state index in [-0.39, 0.29) is 29.4 Å². The summed E-state index contributed by atoms with van der Waals surface area (Å²) in [5.41, 5.74) is 2.92. The molecule has 7 nitrogen and oxygen atoms in total. The molecule has 178 valence electrons. The number of esters is 1. The van der Waals surface area contributed by atoms with Gasteiger partial charge in [0.2, 0.25) is 0 Å². The van der Waals surface area contributed by atoms with E-state index in [1.807, 2.05) is 18.5 Å². The van der Waals surface area contributed by atoms with Gasteiger partial charge in [-0.15, -0.1) is 0 Å². The Balaban J connectivity index is 1.51. The maximum Gasteiger partial charge on any atom is 0.341 e. The lowest BCUT2D eigenvalue weighted by molar-refractivity contribution is 0.0151. The molecule has 4 rings (SSSR count). The average molecular weight is 458 g/mol. The van der Waals surface area contributed by atoms with Crippen molar-refractivity contribution in [2.45, 2.75) is 53.0 Å². The van der Waals surface area contributed by atoms with E-state index in [2.05, 4.69) is 5.32 Å². The average Bonchev–Trinajstić information content (AvgIpc) is 3.06. The lowest BCUT2D eigenvalue weighted by Gasteiger charge is -2.36. The number of hydrogen-bond donors (Lipinski definition) is 1. The summed E-state index contributed by atoms with van der Waals surface area (Å²) in [6.45, 7) is 8.32. The van der Waals surface area contributed by atoms with E-state index in [0.717, 1.165) is 30.7 Å². The van der Waals surface area contributed by atoms with Crippen molar-refractivity contribution in [3.05, 3.63) is 52.1 Å². The molecule has 1 aromatic heterocycles. The molecule has 1 aromatic carbocycles. The molecule has 0 unspecified atom stereocenters. The van der Waals surface area contributed by atoms with E-state index in [9.17, 15) is 14.0 Å². The zero-order valence-corrected chi connectivity index (χ0v) is 19.6. The minimum absolute atomic E-state index is 0.0240. The lowest BCUT2D eigenvalue weighted by Crippen LogP contribution is -2.41. The predicted octanol–water partition coefficient (Wildman–Crippen LogP) is 3.47. The van der Waals surface area contributed by atoms with Crippen molar-refractivity contribution in [1.29, 1.82) is 0 Å². The van der Waals surface area contributed by atoms with Crippen molar-refractivity contribution in [2.75, 3.05) is 26.4 Å². The normalized spacial score (nSPS) is 18.4. The van der Waals surface area contributed by atoms with Crippen LogP contribution in [0.15, 0.2) is 18.2 Å². The Labute approximate surface area is 193 Å². The summed E-state index contributed by atoms with van der Waals surface area (Å²) in [7, 11) is 0. The van der Waals surface area contributed by atoms with Gasteiger partial charge in [0.25, 0.3) is 5.91 Å². The van der Waals surface area contributed by atoms with Crippen LogP contribution in [0, 0.1) is 24.1 Å². The van der Waals surface area contributed by atoms with Gasteiger partial charge in [0.05, 0.1) is 29.1 Å². The van der Waals surface area contributed by atoms with E-state index in [1.165, 1.54) is 6.07 Å². The number of nitrogens with one attached hydrogen (secondary N) is 1. The molecule has 1 atom stereocenters. The molecule has 0 bridgehead atoms. The van der Waals surface area contributed by atoms with Crippen molar-refractivity contribution in [3.8, 4) is 0 Å². The van der Waals surface area contributed by atoms with Crippen molar-refractivity contribution < 1.29 is 23.5 Å². The van der Waals surface area contributed by atoms with Crippen LogP contribution in [0.4, 0.5) is 4.39 Å². The molecule has 1 fully saturated rings. The van der Waals surface area contributed by atoms with Crippen LogP contribution in [0.25, 0.3) is 0 Å². The molecule has 1 N–H and O–H groups in total. The third-order valence-corrected chi connectivity index (χ3v) is 6.82. The Morgan fingerprint density at radius 3 is 2.82 bits per heavy atom. The van der Waals surface area contributed by atoms with Crippen molar-refractivity contribution in [3.63, 3.8) is 0 Å². The highest BCUT2D eigenvalue weighted by molar-refractivity contribution is 5.97. The molecule has 1 spiro atoms. The smallest absolute Gasteiger partial charge is 0.341 e. The lowest BCUT2D eigenvalue weighted by atomic mass is 9.76. The number of carbonyl (C=O) groups is 2. The summed E-state index contributed by atoms with van der Waals surface area (Å²) < 4.78 is 27.0. The van der Waals surface area contributed by atoms with Gasteiger partial charge in [0.15, 0.2) is 0 Å². The van der Waals surface area contributed by atoms with E-state index in [0.29, 0.717) is 43.9 Å². The molecule has 0 radical (unpaired) electrons. The third-order valence-electron chi connectivity index (χ3n) is 6.82. The van der Waals surface area contributed by atoms with Gasteiger partial charge in [-0.05, 0) is 49.7 Å². The zero-order chi connectivity index (χ0) is 23.6. The molecular formula is C25H32FN3O4. The Morgan fingerprint density at radius 1 is 1.36 bits per heavy atom. The monoisotopic (exact) mass is 457 g/mol. The predicted molar refractivity (Wildman–Crippen MR) is 121 cm³/mol. The topological polar surface area (TPSA) is 82.5 Å². The first-order chi connectivity index (χ1) is 15.8. The first kappa shape index (κ1) is 23.4. The molecular weight excluding hydrogens is 425 g/mol. The molecule has 2 aromatic rings. The number of hydrogen-bond acceptors (Lipinski definition) is 5. The van der Waals surface area contributed by atoms with Gasteiger partial charge in [0.1, 0.15) is 5.82 Å². The van der Waals surface area contributed by atoms with Crippen LogP contribution in [0.5, 0.6) is 0 Å². The summed E-state index contributed by atoms with van der Waals surface area (Å²) in [5.74, 6) is -1.37. The number of aromatic nitrogens is 2. The summed E-state index contributed by atoms with van der Waals surface area (Å²) in [6.07, 6.45) is 3.22. The Hall–Kier alpha value is -2.74. The fourth-order valence-electron chi connectivity index (χ4n) is 4.85. The number of aryl methyl sites for hydroxylation is 2. The van der Waals surface area contributed by atoms with Crippen LogP contribution < -0.4 is 5.32 Å². The number of ether oxygens (including phenoxy) is 2. The first-order valence-electron chi connectivity index (χ1n) is 11.7. The van der Waals surface area contributed by atoms with Crippen LogP contribution in [-0.4, -0.2) is 48.0 Å². The molecule has 2 aliphatic rings. The van der Waals surface area contributed by atoms with Crippen LogP contribution in [0.2, 0.25) is 0 Å². The maximum atomic E-state index is 14.1. The third kappa shape index (κ3) is 4.81. The van der Waals surface area contributed by atoms with E-state index in [1.54, 1.807) is 19.1 Å². The van der Waals surface area contributed by atoms with E-state index in [4.69, 9.17) is 14.6 Å². The molecule has 8 heteroatoms. The van der Waals surface area contributed by atoms with Gasteiger partial charge in [-0.1, -0.05) is 26.0 Å². The van der Waals surface area contributed by atoms with Gasteiger partial charge in [0, 0.05) is 32.2 Å². The van der Waals surface area contributed by atoms with Crippen LogP contribution in [-0.2, 0) is 28.9 Å². The summed E-state index contributed by atoms with van der Waals surface area (Å²) in [5, 5.41) is 7.88. The molecule has 0 aliphatic carbocycles. The zero-order valence-electron chi connectivity index (χ0n) is 19.6. The van der Waals surface area contributed by atoms with Crippen LogP contribution in [0.3, 0.4) is 0 Å². The number of halogens is 1. The number of carbonyl (C=O) groups excluding carboxylic acids is 2. The standard InChI is InChI=1S/C25H32FN3O4/c1-4-19-22-20(12-25(15-27-23(22)30)8-10-32-11-9-25)29(28-19)13-16(2)14-33-24(31)21-17(3)6-5-7-18(21)26/h5-7,16H,4,8-15H2,1-3H3,(H,27,30)/t16-/m1/s1. The van der Waals surface area contributed by atoms with Crippen molar-refractivity contribution >= 4 is 11.9 Å². The molecule has 1 saturated heterocycles.